The second kappa shape index (κ2) is 7.58. The second-order valence-corrected chi connectivity index (χ2v) is 2.66. The molecular weight excluding hydrogens is 168 g/mol. The Bertz CT molecular complexity index is 178. The minimum Gasteiger partial charge on any atom is -0.393 e. The third-order valence-corrected chi connectivity index (χ3v) is 1.34. The van der Waals surface area contributed by atoms with Crippen LogP contribution >= 0.6 is 0 Å². The van der Waals surface area contributed by atoms with E-state index in [0.717, 1.165) is 12.8 Å². The number of hydrogen-bond donors (Lipinski definition) is 1. The molecule has 0 atom stereocenters. The molecule has 0 saturated heterocycles. The predicted octanol–water partition coefficient (Wildman–Crippen LogP) is 1.32. The Morgan fingerprint density at radius 3 is 2.62 bits per heavy atom. The first-order chi connectivity index (χ1) is 6.20. The summed E-state index contributed by atoms with van der Waals surface area (Å²) in [5.41, 5.74) is 0. The van der Waals surface area contributed by atoms with Gasteiger partial charge in [0.25, 0.3) is 6.02 Å². The van der Waals surface area contributed by atoms with Crippen LogP contribution in [0.2, 0.25) is 0 Å². The average Bonchev–Trinajstić information content (AvgIpc) is 2.04. The number of hydrogen-bond acceptors (Lipinski definition) is 3. The third-order valence-electron chi connectivity index (χ3n) is 1.34. The number of unbranched alkanes of at least 4 members (excludes halogenated alkanes) is 1. The zero-order valence-corrected chi connectivity index (χ0v) is 8.59. The Hall–Kier alpha value is -1.06. The fraction of sp³-hybridized carbons (Fsp3) is 0.778. The van der Waals surface area contributed by atoms with Gasteiger partial charge in [0.05, 0.1) is 0 Å². The van der Waals surface area contributed by atoms with Crippen LogP contribution in [0.1, 0.15) is 33.6 Å². The molecule has 13 heavy (non-hydrogen) atoms. The lowest BCUT2D eigenvalue weighted by Gasteiger charge is -2.05. The van der Waals surface area contributed by atoms with Crippen LogP contribution in [0.3, 0.4) is 0 Å². The number of carbonyl (C=O) groups excluding carboxylic acids is 1. The molecule has 0 aromatic carbocycles. The van der Waals surface area contributed by atoms with Crippen molar-refractivity contribution in [2.75, 3.05) is 13.1 Å². The molecule has 0 aromatic rings. The van der Waals surface area contributed by atoms with Gasteiger partial charge in [0.1, 0.15) is 0 Å². The highest BCUT2D eigenvalue weighted by Crippen LogP contribution is 1.89. The molecule has 0 bridgehead atoms. The molecule has 0 aliphatic heterocycles. The van der Waals surface area contributed by atoms with E-state index in [1.807, 2.05) is 6.92 Å². The molecule has 0 heterocycles. The van der Waals surface area contributed by atoms with Crippen LogP contribution in [0.4, 0.5) is 0 Å². The Balaban J connectivity index is 3.90. The van der Waals surface area contributed by atoms with Crippen LogP contribution in [0, 0.1) is 0 Å². The zero-order chi connectivity index (χ0) is 10.1. The summed E-state index contributed by atoms with van der Waals surface area (Å²) >= 11 is 0. The van der Waals surface area contributed by atoms with Gasteiger partial charge in [0.2, 0.25) is 0 Å². The number of nitrogens with zero attached hydrogens (tertiary/aromatic N) is 1. The van der Waals surface area contributed by atoms with E-state index in [4.69, 9.17) is 4.74 Å². The molecule has 0 spiro atoms. The average molecular weight is 186 g/mol. The summed E-state index contributed by atoms with van der Waals surface area (Å²) in [6.07, 6.45) is 2.10. The monoisotopic (exact) mass is 186 g/mol. The Labute approximate surface area is 79.4 Å². The first-order valence-corrected chi connectivity index (χ1v) is 4.67. The van der Waals surface area contributed by atoms with E-state index < -0.39 is 0 Å². The molecule has 0 amide bonds. The standard InChI is InChI=1S/C9H18N2O2/c1-4-6-7-11-9(10-5-2)13-8(3)12/h4-7H2,1-3H3,(H,10,11). The van der Waals surface area contributed by atoms with Crippen molar-refractivity contribution in [2.24, 2.45) is 4.99 Å². The molecule has 76 valence electrons. The fourth-order valence-electron chi connectivity index (χ4n) is 0.750. The molecule has 0 radical (unpaired) electrons. The van der Waals surface area contributed by atoms with E-state index in [1.54, 1.807) is 0 Å². The van der Waals surface area contributed by atoms with Gasteiger partial charge in [0, 0.05) is 20.0 Å². The van der Waals surface area contributed by atoms with E-state index in [1.165, 1.54) is 6.92 Å². The molecule has 1 N–H and O–H groups in total. The first kappa shape index (κ1) is 11.9. The van der Waals surface area contributed by atoms with Crippen LogP contribution < -0.4 is 5.32 Å². The number of ether oxygens (including phenoxy) is 1. The number of aliphatic imine (C=N–C) groups is 1. The van der Waals surface area contributed by atoms with Crippen molar-refractivity contribution in [3.8, 4) is 0 Å². The van der Waals surface area contributed by atoms with Gasteiger partial charge in [-0.3, -0.25) is 4.79 Å². The van der Waals surface area contributed by atoms with Crippen LogP contribution in [0.15, 0.2) is 4.99 Å². The normalized spacial score (nSPS) is 11.2. The smallest absolute Gasteiger partial charge is 0.310 e. The van der Waals surface area contributed by atoms with Crippen LogP contribution in [0.25, 0.3) is 0 Å². The molecular formula is C9H18N2O2. The summed E-state index contributed by atoms with van der Waals surface area (Å²) in [7, 11) is 0. The van der Waals surface area contributed by atoms with Gasteiger partial charge in [-0.15, -0.1) is 0 Å². The van der Waals surface area contributed by atoms with Crippen molar-refractivity contribution in [1.29, 1.82) is 0 Å². The van der Waals surface area contributed by atoms with Gasteiger partial charge >= 0.3 is 5.97 Å². The largest absolute Gasteiger partial charge is 0.393 e. The maximum absolute atomic E-state index is 10.6. The molecule has 0 rings (SSSR count). The van der Waals surface area contributed by atoms with Crippen molar-refractivity contribution < 1.29 is 9.53 Å². The SMILES string of the molecule is CCCCN=C(NCC)OC(C)=O. The second-order valence-electron chi connectivity index (χ2n) is 2.66. The molecule has 4 nitrogen and oxygen atoms in total. The molecule has 0 aromatic heterocycles. The van der Waals surface area contributed by atoms with Crippen molar-refractivity contribution in [3.63, 3.8) is 0 Å². The lowest BCUT2D eigenvalue weighted by atomic mass is 10.3. The van der Waals surface area contributed by atoms with Crippen molar-refractivity contribution in [2.45, 2.75) is 33.6 Å². The molecule has 0 saturated carbocycles. The van der Waals surface area contributed by atoms with Crippen molar-refractivity contribution in [1.82, 2.24) is 5.32 Å². The fourth-order valence-corrected chi connectivity index (χ4v) is 0.750. The van der Waals surface area contributed by atoms with Gasteiger partial charge in [-0.2, -0.15) is 0 Å². The highest BCUT2D eigenvalue weighted by molar-refractivity contribution is 5.86. The number of amidine groups is 1. The minimum atomic E-state index is -0.337. The maximum Gasteiger partial charge on any atom is 0.310 e. The number of carbonyl (C=O) groups is 1. The van der Waals surface area contributed by atoms with Gasteiger partial charge in [-0.25, -0.2) is 4.99 Å². The lowest BCUT2D eigenvalue weighted by Crippen LogP contribution is -2.27. The summed E-state index contributed by atoms with van der Waals surface area (Å²) in [5, 5.41) is 2.88. The number of esters is 1. The van der Waals surface area contributed by atoms with E-state index >= 15 is 0 Å². The Kier molecular flexibility index (Phi) is 6.96. The van der Waals surface area contributed by atoms with E-state index in [2.05, 4.69) is 17.2 Å². The Morgan fingerprint density at radius 2 is 2.15 bits per heavy atom. The third kappa shape index (κ3) is 7.31. The topological polar surface area (TPSA) is 50.7 Å². The quantitative estimate of drug-likeness (QED) is 0.312. The van der Waals surface area contributed by atoms with Crippen LogP contribution in [-0.4, -0.2) is 25.1 Å². The van der Waals surface area contributed by atoms with Gasteiger partial charge < -0.3 is 10.1 Å². The van der Waals surface area contributed by atoms with Crippen LogP contribution in [0.5, 0.6) is 0 Å². The summed E-state index contributed by atoms with van der Waals surface area (Å²) in [4.78, 5) is 14.7. The maximum atomic E-state index is 10.6. The highest BCUT2D eigenvalue weighted by Gasteiger charge is 2.00. The van der Waals surface area contributed by atoms with Crippen molar-refractivity contribution in [3.05, 3.63) is 0 Å². The summed E-state index contributed by atoms with van der Waals surface area (Å²) in [6, 6.07) is 0.337. The lowest BCUT2D eigenvalue weighted by molar-refractivity contribution is -0.133. The molecule has 0 aliphatic rings. The van der Waals surface area contributed by atoms with Gasteiger partial charge in [-0.1, -0.05) is 13.3 Å². The highest BCUT2D eigenvalue weighted by atomic mass is 16.6. The molecule has 0 fully saturated rings. The van der Waals surface area contributed by atoms with Crippen LogP contribution in [-0.2, 0) is 9.53 Å². The number of rotatable bonds is 4. The molecule has 0 aliphatic carbocycles. The summed E-state index contributed by atoms with van der Waals surface area (Å²) in [6.45, 7) is 6.80. The van der Waals surface area contributed by atoms with E-state index in [9.17, 15) is 4.79 Å². The predicted molar refractivity (Wildman–Crippen MR) is 52.7 cm³/mol. The van der Waals surface area contributed by atoms with E-state index in [-0.39, 0.29) is 5.97 Å². The minimum absolute atomic E-state index is 0.337. The Morgan fingerprint density at radius 1 is 1.46 bits per heavy atom. The van der Waals surface area contributed by atoms with Gasteiger partial charge in [-0.05, 0) is 13.3 Å². The molecule has 0 unspecified atom stereocenters. The number of nitrogens with one attached hydrogen (secondary N) is 1. The van der Waals surface area contributed by atoms with Crippen molar-refractivity contribution >= 4 is 12.0 Å². The van der Waals surface area contributed by atoms with Gasteiger partial charge in [0.15, 0.2) is 0 Å². The summed E-state index contributed by atoms with van der Waals surface area (Å²) < 4.78 is 4.84. The van der Waals surface area contributed by atoms with E-state index in [0.29, 0.717) is 19.1 Å². The summed E-state index contributed by atoms with van der Waals surface area (Å²) in [5.74, 6) is -0.337. The zero-order valence-electron chi connectivity index (χ0n) is 8.59. The first-order valence-electron chi connectivity index (χ1n) is 4.67. The molecule has 4 heteroatoms.